The zero-order valence-corrected chi connectivity index (χ0v) is 17.2. The van der Waals surface area contributed by atoms with Crippen LogP contribution in [0.3, 0.4) is 0 Å². The number of halogens is 1. The molecule has 0 atom stereocenters. The number of anilines is 4. The molecular formula is C19H24BrN5O3. The van der Waals surface area contributed by atoms with E-state index in [0.29, 0.717) is 35.7 Å². The molecule has 0 heterocycles. The summed E-state index contributed by atoms with van der Waals surface area (Å²) in [6, 6.07) is 10.2. The van der Waals surface area contributed by atoms with Crippen LogP contribution < -0.4 is 27.3 Å². The summed E-state index contributed by atoms with van der Waals surface area (Å²) >= 11 is 3.46. The van der Waals surface area contributed by atoms with Crippen molar-refractivity contribution in [3.63, 3.8) is 0 Å². The van der Waals surface area contributed by atoms with Gasteiger partial charge in [0.1, 0.15) is 0 Å². The number of para-hydroxylation sites is 1. The van der Waals surface area contributed by atoms with Crippen molar-refractivity contribution < 1.29 is 15.2 Å². The lowest BCUT2D eigenvalue weighted by atomic mass is 10.1. The number of primary amides is 1. The largest absolute Gasteiger partial charge is 0.380 e. The maximum Gasteiger partial charge on any atom is 0.248 e. The van der Waals surface area contributed by atoms with Crippen molar-refractivity contribution in [3.8, 4) is 0 Å². The fourth-order valence-corrected chi connectivity index (χ4v) is 3.00. The Morgan fingerprint density at radius 2 is 1.61 bits per heavy atom. The van der Waals surface area contributed by atoms with Crippen molar-refractivity contribution >= 4 is 44.6 Å². The Morgan fingerprint density at radius 3 is 2.21 bits per heavy atom. The Morgan fingerprint density at radius 1 is 0.964 bits per heavy atom. The van der Waals surface area contributed by atoms with Crippen LogP contribution in [0, 0.1) is 0 Å². The average Bonchev–Trinajstić information content (AvgIpc) is 2.70. The van der Waals surface area contributed by atoms with E-state index in [2.05, 4.69) is 37.5 Å². The molecule has 0 fully saturated rings. The second kappa shape index (κ2) is 9.98. The summed E-state index contributed by atoms with van der Waals surface area (Å²) in [7, 11) is 0. The molecule has 2 aromatic carbocycles. The first-order valence-electron chi connectivity index (χ1n) is 8.53. The molecule has 8 N–H and O–H groups in total. The van der Waals surface area contributed by atoms with Crippen molar-refractivity contribution in [2.45, 2.75) is 13.8 Å². The quantitative estimate of drug-likeness (QED) is 0.227. The van der Waals surface area contributed by atoms with Gasteiger partial charge in [0.15, 0.2) is 0 Å². The second-order valence-electron chi connectivity index (χ2n) is 6.28. The number of rotatable bonds is 9. The maximum absolute atomic E-state index is 11.4. The molecule has 0 aliphatic heterocycles. The van der Waals surface area contributed by atoms with Crippen LogP contribution >= 0.6 is 15.9 Å². The molecule has 0 saturated carbocycles. The lowest BCUT2D eigenvalue weighted by Crippen LogP contribution is -2.14. The number of carbonyl (C=O) groups excluding carboxylic acids is 1. The fraction of sp³-hybridized carbons (Fsp3) is 0.211. The normalized spacial score (nSPS) is 11.5. The standard InChI is InChI=1S/C19H24BrN5O3/c1-11(9-22-17-8-13(19(21)26)6-7-15(17)24-27)12(2)10-23-18-14(20)4-3-5-16(18)25-28/h3-8,22-25,27-28H,9-10H2,1-2H3,(H2,21,26)/b12-11+. The molecule has 0 aromatic heterocycles. The van der Waals surface area contributed by atoms with E-state index < -0.39 is 5.91 Å². The highest BCUT2D eigenvalue weighted by Gasteiger charge is 2.09. The molecule has 1 amide bonds. The molecule has 0 radical (unpaired) electrons. The predicted molar refractivity (Wildman–Crippen MR) is 115 cm³/mol. The van der Waals surface area contributed by atoms with Gasteiger partial charge in [0.05, 0.1) is 22.7 Å². The van der Waals surface area contributed by atoms with Gasteiger partial charge in [-0.1, -0.05) is 17.2 Å². The lowest BCUT2D eigenvalue weighted by Gasteiger charge is -2.16. The third-order valence-corrected chi connectivity index (χ3v) is 5.02. The van der Waals surface area contributed by atoms with Crippen LogP contribution in [-0.2, 0) is 0 Å². The third kappa shape index (κ3) is 5.38. The molecule has 150 valence electrons. The number of benzene rings is 2. The summed E-state index contributed by atoms with van der Waals surface area (Å²) in [5.74, 6) is -0.540. The molecule has 2 aromatic rings. The molecule has 0 unspecified atom stereocenters. The van der Waals surface area contributed by atoms with Gasteiger partial charge < -0.3 is 16.4 Å². The number of hydrogen-bond donors (Lipinski definition) is 7. The minimum absolute atomic E-state index is 0.347. The van der Waals surface area contributed by atoms with Crippen molar-refractivity contribution in [3.05, 3.63) is 57.6 Å². The smallest absolute Gasteiger partial charge is 0.248 e. The zero-order valence-electron chi connectivity index (χ0n) is 15.6. The minimum Gasteiger partial charge on any atom is -0.380 e. The lowest BCUT2D eigenvalue weighted by molar-refractivity contribution is 0.100. The minimum atomic E-state index is -0.540. The second-order valence-corrected chi connectivity index (χ2v) is 7.13. The van der Waals surface area contributed by atoms with E-state index in [-0.39, 0.29) is 0 Å². The average molecular weight is 450 g/mol. The van der Waals surface area contributed by atoms with Gasteiger partial charge in [-0.15, -0.1) is 0 Å². The highest BCUT2D eigenvalue weighted by atomic mass is 79.9. The van der Waals surface area contributed by atoms with Crippen LogP contribution in [0.4, 0.5) is 22.7 Å². The maximum atomic E-state index is 11.4. The van der Waals surface area contributed by atoms with Gasteiger partial charge in [0.2, 0.25) is 5.91 Å². The van der Waals surface area contributed by atoms with Crippen LogP contribution in [-0.4, -0.2) is 29.4 Å². The van der Waals surface area contributed by atoms with Gasteiger partial charge in [-0.3, -0.25) is 26.2 Å². The topological polar surface area (TPSA) is 132 Å². The van der Waals surface area contributed by atoms with Gasteiger partial charge in [-0.25, -0.2) is 0 Å². The van der Waals surface area contributed by atoms with E-state index in [0.717, 1.165) is 21.3 Å². The summed E-state index contributed by atoms with van der Waals surface area (Å²) < 4.78 is 0.831. The first-order chi connectivity index (χ1) is 13.4. The monoisotopic (exact) mass is 449 g/mol. The number of nitrogens with two attached hydrogens (primary N) is 1. The van der Waals surface area contributed by atoms with Crippen LogP contribution in [0.5, 0.6) is 0 Å². The first-order valence-corrected chi connectivity index (χ1v) is 9.32. The summed E-state index contributed by atoms with van der Waals surface area (Å²) in [6.07, 6.45) is 0. The molecule has 0 bridgehead atoms. The molecule has 0 aliphatic carbocycles. The summed E-state index contributed by atoms with van der Waals surface area (Å²) in [5, 5.41) is 25.0. The Labute approximate surface area is 171 Å². The molecule has 9 heteroatoms. The molecule has 0 saturated heterocycles. The summed E-state index contributed by atoms with van der Waals surface area (Å²) in [6.45, 7) is 5.06. The number of nitrogens with one attached hydrogen (secondary N) is 4. The number of hydrogen-bond acceptors (Lipinski definition) is 7. The van der Waals surface area contributed by atoms with Crippen molar-refractivity contribution in [2.75, 3.05) is 34.7 Å². The highest BCUT2D eigenvalue weighted by Crippen LogP contribution is 2.30. The molecule has 0 spiro atoms. The van der Waals surface area contributed by atoms with Crippen LogP contribution in [0.2, 0.25) is 0 Å². The van der Waals surface area contributed by atoms with E-state index in [9.17, 15) is 15.2 Å². The van der Waals surface area contributed by atoms with E-state index >= 15 is 0 Å². The van der Waals surface area contributed by atoms with Crippen LogP contribution in [0.1, 0.15) is 24.2 Å². The Kier molecular flexibility index (Phi) is 7.68. The summed E-state index contributed by atoms with van der Waals surface area (Å²) in [4.78, 5) is 11.4. The molecule has 8 nitrogen and oxygen atoms in total. The Bertz CT molecular complexity index is 886. The number of carbonyl (C=O) groups is 1. The predicted octanol–water partition coefficient (Wildman–Crippen LogP) is 4.01. The first kappa shape index (κ1) is 21.5. The van der Waals surface area contributed by atoms with Crippen molar-refractivity contribution in [2.24, 2.45) is 5.73 Å². The van der Waals surface area contributed by atoms with Gasteiger partial charge in [0, 0.05) is 23.1 Å². The SMILES string of the molecule is C/C(CNc1cc(C(N)=O)ccc1NO)=C(/C)CNc1c(Br)cccc1NO. The van der Waals surface area contributed by atoms with E-state index in [4.69, 9.17) is 5.73 Å². The molecular weight excluding hydrogens is 426 g/mol. The fourth-order valence-electron chi connectivity index (χ4n) is 2.49. The number of amides is 1. The summed E-state index contributed by atoms with van der Waals surface area (Å²) in [5.41, 5.74) is 14.4. The van der Waals surface area contributed by atoms with Crippen molar-refractivity contribution in [1.82, 2.24) is 0 Å². The van der Waals surface area contributed by atoms with Gasteiger partial charge in [-0.2, -0.15) is 0 Å². The van der Waals surface area contributed by atoms with Crippen LogP contribution in [0.25, 0.3) is 0 Å². The Balaban J connectivity index is 2.08. The van der Waals surface area contributed by atoms with E-state index in [1.54, 1.807) is 18.2 Å². The van der Waals surface area contributed by atoms with E-state index in [1.165, 1.54) is 6.07 Å². The molecule has 2 rings (SSSR count). The van der Waals surface area contributed by atoms with E-state index in [1.807, 2.05) is 26.0 Å². The Hall–Kier alpha value is -2.75. The third-order valence-electron chi connectivity index (χ3n) is 4.36. The highest BCUT2D eigenvalue weighted by molar-refractivity contribution is 9.10. The molecule has 28 heavy (non-hydrogen) atoms. The van der Waals surface area contributed by atoms with Gasteiger partial charge in [0.25, 0.3) is 0 Å². The van der Waals surface area contributed by atoms with Crippen molar-refractivity contribution in [1.29, 1.82) is 0 Å². The van der Waals surface area contributed by atoms with Gasteiger partial charge in [-0.05, 0) is 60.1 Å². The van der Waals surface area contributed by atoms with Gasteiger partial charge >= 0.3 is 0 Å². The zero-order chi connectivity index (χ0) is 20.7. The molecule has 0 aliphatic rings. The van der Waals surface area contributed by atoms with Crippen LogP contribution in [0.15, 0.2) is 52.0 Å².